The minimum Gasteiger partial charge on any atom is -0.391 e. The number of β-lactam (4-membered cyclic amide) rings is 1. The van der Waals surface area contributed by atoms with Crippen LogP contribution in [-0.4, -0.2) is 81.7 Å². The molecule has 24 heavy (non-hydrogen) atoms. The maximum absolute atomic E-state index is 12.5. The standard InChI is InChI=1S/C15H26N4O5/c1-8(20)10(16)13(23)18-5-3-15(4-6-18)7-19(14(15)24)11(9(2)21)12(17)22/h8-11,20-21H,3-7,16H2,1-2H3,(H2,17,22)/t8-,9-,10+,11+/m1/s1. The lowest BCUT2D eigenvalue weighted by molar-refractivity contribution is -0.177. The molecule has 6 N–H and O–H groups in total. The number of hydrogen-bond acceptors (Lipinski definition) is 6. The van der Waals surface area contributed by atoms with Gasteiger partial charge in [-0.3, -0.25) is 14.4 Å². The molecule has 2 fully saturated rings. The van der Waals surface area contributed by atoms with Gasteiger partial charge in [0.2, 0.25) is 17.7 Å². The SMILES string of the molecule is C[C@@H](O)[C@H](N)C(=O)N1CCC2(CC1)CN([C@H](C(N)=O)[C@@H](C)O)C2=O. The van der Waals surface area contributed by atoms with E-state index in [2.05, 4.69) is 0 Å². The molecule has 0 bridgehead atoms. The number of aliphatic hydroxyl groups excluding tert-OH is 2. The summed E-state index contributed by atoms with van der Waals surface area (Å²) >= 11 is 0. The highest BCUT2D eigenvalue weighted by atomic mass is 16.3. The van der Waals surface area contributed by atoms with Gasteiger partial charge in [-0.1, -0.05) is 0 Å². The van der Waals surface area contributed by atoms with Crippen LogP contribution in [-0.2, 0) is 14.4 Å². The van der Waals surface area contributed by atoms with Gasteiger partial charge < -0.3 is 31.5 Å². The molecule has 9 nitrogen and oxygen atoms in total. The Kier molecular flexibility index (Phi) is 5.17. The molecule has 136 valence electrons. The Hall–Kier alpha value is -1.71. The summed E-state index contributed by atoms with van der Waals surface area (Å²) in [7, 11) is 0. The number of piperidine rings is 1. The summed E-state index contributed by atoms with van der Waals surface area (Å²) in [5.74, 6) is -1.27. The fourth-order valence-corrected chi connectivity index (χ4v) is 3.50. The number of hydrogen-bond donors (Lipinski definition) is 4. The van der Waals surface area contributed by atoms with Gasteiger partial charge in [0.25, 0.3) is 0 Å². The summed E-state index contributed by atoms with van der Waals surface area (Å²) < 4.78 is 0. The highest BCUT2D eigenvalue weighted by Gasteiger charge is 2.56. The molecule has 9 heteroatoms. The van der Waals surface area contributed by atoms with Crippen molar-refractivity contribution in [1.82, 2.24) is 9.80 Å². The lowest BCUT2D eigenvalue weighted by atomic mass is 9.70. The van der Waals surface area contributed by atoms with Crippen LogP contribution in [0, 0.1) is 5.41 Å². The van der Waals surface area contributed by atoms with Crippen LogP contribution in [0.25, 0.3) is 0 Å². The molecule has 0 aliphatic carbocycles. The van der Waals surface area contributed by atoms with Gasteiger partial charge >= 0.3 is 0 Å². The van der Waals surface area contributed by atoms with Crippen molar-refractivity contribution in [1.29, 1.82) is 0 Å². The molecule has 2 aliphatic rings. The molecule has 2 rings (SSSR count). The van der Waals surface area contributed by atoms with Crippen molar-refractivity contribution in [2.45, 2.75) is 51.0 Å². The first-order valence-corrected chi connectivity index (χ1v) is 8.11. The van der Waals surface area contributed by atoms with E-state index < -0.39 is 35.6 Å². The number of nitrogens with two attached hydrogens (primary N) is 2. The maximum Gasteiger partial charge on any atom is 0.242 e. The van der Waals surface area contributed by atoms with E-state index in [0.717, 1.165) is 0 Å². The predicted molar refractivity (Wildman–Crippen MR) is 84.3 cm³/mol. The molecular weight excluding hydrogens is 316 g/mol. The number of rotatable bonds is 5. The quantitative estimate of drug-likeness (QED) is 0.402. The third-order valence-electron chi connectivity index (χ3n) is 5.11. The fourth-order valence-electron chi connectivity index (χ4n) is 3.50. The van der Waals surface area contributed by atoms with Crippen molar-refractivity contribution in [3.8, 4) is 0 Å². The third kappa shape index (κ3) is 3.11. The first-order chi connectivity index (χ1) is 11.1. The second-order valence-electron chi connectivity index (χ2n) is 6.89. The highest BCUT2D eigenvalue weighted by molar-refractivity contribution is 5.94. The lowest BCUT2D eigenvalue weighted by Crippen LogP contribution is -2.71. The van der Waals surface area contributed by atoms with E-state index in [-0.39, 0.29) is 11.8 Å². The van der Waals surface area contributed by atoms with E-state index in [9.17, 15) is 24.6 Å². The molecule has 2 saturated heterocycles. The van der Waals surface area contributed by atoms with Crippen LogP contribution in [0.3, 0.4) is 0 Å². The minimum absolute atomic E-state index is 0.209. The number of carbonyl (C=O) groups excluding carboxylic acids is 3. The zero-order chi connectivity index (χ0) is 18.2. The van der Waals surface area contributed by atoms with Crippen molar-refractivity contribution >= 4 is 17.7 Å². The Balaban J connectivity index is 1.97. The first kappa shape index (κ1) is 18.6. The van der Waals surface area contributed by atoms with Gasteiger partial charge in [0.15, 0.2) is 0 Å². The third-order valence-corrected chi connectivity index (χ3v) is 5.11. The second-order valence-corrected chi connectivity index (χ2v) is 6.89. The van der Waals surface area contributed by atoms with Gasteiger partial charge in [-0.25, -0.2) is 0 Å². The zero-order valence-electron chi connectivity index (χ0n) is 14.0. The van der Waals surface area contributed by atoms with Crippen LogP contribution in [0.1, 0.15) is 26.7 Å². The summed E-state index contributed by atoms with van der Waals surface area (Å²) in [6, 6.07) is -1.99. The summed E-state index contributed by atoms with van der Waals surface area (Å²) in [5, 5.41) is 19.1. The van der Waals surface area contributed by atoms with Crippen molar-refractivity contribution in [3.63, 3.8) is 0 Å². The van der Waals surface area contributed by atoms with E-state index in [1.54, 1.807) is 4.90 Å². The van der Waals surface area contributed by atoms with E-state index in [1.165, 1.54) is 18.7 Å². The van der Waals surface area contributed by atoms with Gasteiger partial charge in [0, 0.05) is 19.6 Å². The van der Waals surface area contributed by atoms with Crippen molar-refractivity contribution in [2.75, 3.05) is 19.6 Å². The second kappa shape index (κ2) is 6.66. The lowest BCUT2D eigenvalue weighted by Gasteiger charge is -2.54. The van der Waals surface area contributed by atoms with E-state index in [4.69, 9.17) is 11.5 Å². The number of carbonyl (C=O) groups is 3. The first-order valence-electron chi connectivity index (χ1n) is 8.11. The molecule has 0 aromatic rings. The number of aliphatic hydroxyl groups is 2. The summed E-state index contributed by atoms with van der Waals surface area (Å²) in [6.07, 6.45) is -1.04. The van der Waals surface area contributed by atoms with E-state index >= 15 is 0 Å². The van der Waals surface area contributed by atoms with Crippen LogP contribution in [0.5, 0.6) is 0 Å². The molecule has 1 spiro atoms. The molecule has 4 atom stereocenters. The summed E-state index contributed by atoms with van der Waals surface area (Å²) in [4.78, 5) is 39.0. The molecular formula is C15H26N4O5. The molecule has 2 heterocycles. The molecule has 0 unspecified atom stereocenters. The van der Waals surface area contributed by atoms with Crippen LogP contribution in [0.15, 0.2) is 0 Å². The number of amides is 3. The Bertz CT molecular complexity index is 528. The smallest absolute Gasteiger partial charge is 0.242 e. The highest BCUT2D eigenvalue weighted by Crippen LogP contribution is 2.43. The largest absolute Gasteiger partial charge is 0.391 e. The maximum atomic E-state index is 12.5. The van der Waals surface area contributed by atoms with Crippen LogP contribution in [0.4, 0.5) is 0 Å². The van der Waals surface area contributed by atoms with Gasteiger partial charge in [-0.05, 0) is 26.7 Å². The average molecular weight is 342 g/mol. The topological polar surface area (TPSA) is 150 Å². The Morgan fingerprint density at radius 1 is 1.17 bits per heavy atom. The fraction of sp³-hybridized carbons (Fsp3) is 0.800. The molecule has 0 aromatic heterocycles. The average Bonchev–Trinajstić information content (AvgIpc) is 2.52. The van der Waals surface area contributed by atoms with E-state index in [0.29, 0.717) is 32.5 Å². The normalized spacial score (nSPS) is 25.0. The van der Waals surface area contributed by atoms with Gasteiger partial charge in [0.05, 0.1) is 17.6 Å². The molecule has 0 saturated carbocycles. The van der Waals surface area contributed by atoms with E-state index in [1.807, 2.05) is 0 Å². The van der Waals surface area contributed by atoms with Crippen LogP contribution in [0.2, 0.25) is 0 Å². The number of likely N-dealkylation sites (tertiary alicyclic amines) is 2. The molecule has 0 aromatic carbocycles. The molecule has 0 radical (unpaired) electrons. The number of primary amides is 1. The number of nitrogens with zero attached hydrogens (tertiary/aromatic N) is 2. The van der Waals surface area contributed by atoms with Crippen molar-refractivity contribution in [2.24, 2.45) is 16.9 Å². The van der Waals surface area contributed by atoms with Gasteiger partial charge in [-0.2, -0.15) is 0 Å². The predicted octanol–water partition coefficient (Wildman–Crippen LogP) is -2.62. The van der Waals surface area contributed by atoms with Gasteiger partial charge in [0.1, 0.15) is 12.1 Å². The monoisotopic (exact) mass is 342 g/mol. The van der Waals surface area contributed by atoms with Crippen LogP contribution < -0.4 is 11.5 Å². The summed E-state index contributed by atoms with van der Waals surface area (Å²) in [6.45, 7) is 3.96. The zero-order valence-corrected chi connectivity index (χ0v) is 14.0. The minimum atomic E-state index is -1.03. The van der Waals surface area contributed by atoms with Crippen LogP contribution >= 0.6 is 0 Å². The van der Waals surface area contributed by atoms with Gasteiger partial charge in [-0.15, -0.1) is 0 Å². The van der Waals surface area contributed by atoms with Crippen molar-refractivity contribution in [3.05, 3.63) is 0 Å². The summed E-state index contributed by atoms with van der Waals surface area (Å²) in [5.41, 5.74) is 10.3. The Morgan fingerprint density at radius 3 is 2.08 bits per heavy atom. The Morgan fingerprint density at radius 2 is 1.71 bits per heavy atom. The van der Waals surface area contributed by atoms with Crippen molar-refractivity contribution < 1.29 is 24.6 Å². The molecule has 3 amide bonds. The Labute approximate surface area is 140 Å². The molecule has 2 aliphatic heterocycles.